The Morgan fingerprint density at radius 1 is 1.55 bits per heavy atom. The van der Waals surface area contributed by atoms with Crippen molar-refractivity contribution < 1.29 is 8.78 Å². The number of hydrogen-bond acceptors (Lipinski definition) is 2. The molecule has 0 aromatic carbocycles. The second-order valence-corrected chi connectivity index (χ2v) is 4.09. The van der Waals surface area contributed by atoms with Crippen molar-refractivity contribution in [3.63, 3.8) is 0 Å². The molecule has 11 heavy (non-hydrogen) atoms. The van der Waals surface area contributed by atoms with E-state index in [9.17, 15) is 8.78 Å². The fourth-order valence-corrected chi connectivity index (χ4v) is 1.25. The molecule has 1 saturated heterocycles. The molecule has 1 atom stereocenters. The first kappa shape index (κ1) is 9.26. The van der Waals surface area contributed by atoms with Crippen LogP contribution in [0.4, 0.5) is 8.78 Å². The largest absolute Gasteiger partial charge is 0.291 e. The van der Waals surface area contributed by atoms with Crippen LogP contribution in [-0.2, 0) is 0 Å². The number of hydrogen-bond donors (Lipinski definition) is 1. The van der Waals surface area contributed by atoms with E-state index in [1.165, 1.54) is 0 Å². The lowest BCUT2D eigenvalue weighted by molar-refractivity contribution is -0.130. The molecular formula is C7H13F2NS. The molecule has 1 unspecified atom stereocenters. The van der Waals surface area contributed by atoms with E-state index in [2.05, 4.69) is 12.6 Å². The zero-order chi connectivity index (χ0) is 8.48. The monoisotopic (exact) mass is 181 g/mol. The minimum atomic E-state index is -2.42. The summed E-state index contributed by atoms with van der Waals surface area (Å²) >= 11 is 4.16. The molecule has 1 fully saturated rings. The predicted octanol–water partition coefficient (Wildman–Crippen LogP) is 1.65. The Balaban J connectivity index is 2.05. The third-order valence-corrected chi connectivity index (χ3v) is 2.03. The second-order valence-electron chi connectivity index (χ2n) is 3.20. The van der Waals surface area contributed by atoms with Gasteiger partial charge in [-0.3, -0.25) is 4.90 Å². The van der Waals surface area contributed by atoms with Crippen molar-refractivity contribution in [3.05, 3.63) is 0 Å². The van der Waals surface area contributed by atoms with Crippen molar-refractivity contribution in [2.75, 3.05) is 19.6 Å². The van der Waals surface area contributed by atoms with Crippen LogP contribution in [0, 0.1) is 0 Å². The standard InChI is InChI=1S/C7H13F2NS/c1-6(11)2-3-10-4-7(8,9)5-10/h6,11H,2-5H2,1H3. The summed E-state index contributed by atoms with van der Waals surface area (Å²) in [5.74, 6) is -2.42. The number of thiol groups is 1. The van der Waals surface area contributed by atoms with Crippen LogP contribution in [0.2, 0.25) is 0 Å². The van der Waals surface area contributed by atoms with Crippen molar-refractivity contribution in [1.29, 1.82) is 0 Å². The molecule has 1 rings (SSSR count). The van der Waals surface area contributed by atoms with E-state index in [1.807, 2.05) is 6.92 Å². The lowest BCUT2D eigenvalue weighted by Gasteiger charge is -2.38. The summed E-state index contributed by atoms with van der Waals surface area (Å²) in [5.41, 5.74) is 0. The van der Waals surface area contributed by atoms with Gasteiger partial charge in [0.2, 0.25) is 0 Å². The molecule has 1 aliphatic heterocycles. The fourth-order valence-electron chi connectivity index (χ4n) is 1.14. The first-order valence-corrected chi connectivity index (χ1v) is 4.29. The number of likely N-dealkylation sites (tertiary alicyclic amines) is 1. The van der Waals surface area contributed by atoms with E-state index in [-0.39, 0.29) is 13.1 Å². The van der Waals surface area contributed by atoms with Gasteiger partial charge in [-0.25, -0.2) is 8.78 Å². The fraction of sp³-hybridized carbons (Fsp3) is 1.00. The highest BCUT2D eigenvalue weighted by molar-refractivity contribution is 7.80. The molecule has 0 spiro atoms. The van der Waals surface area contributed by atoms with Crippen molar-refractivity contribution in [2.45, 2.75) is 24.5 Å². The maximum absolute atomic E-state index is 12.3. The molecule has 0 aliphatic carbocycles. The lowest BCUT2D eigenvalue weighted by Crippen LogP contribution is -2.56. The molecule has 1 heterocycles. The Morgan fingerprint density at radius 3 is 2.45 bits per heavy atom. The average molecular weight is 181 g/mol. The third kappa shape index (κ3) is 2.95. The highest BCUT2D eigenvalue weighted by Crippen LogP contribution is 2.26. The van der Waals surface area contributed by atoms with Gasteiger partial charge in [0.05, 0.1) is 13.1 Å². The molecule has 0 saturated carbocycles. The molecule has 0 aromatic heterocycles. The summed E-state index contributed by atoms with van der Waals surface area (Å²) in [7, 11) is 0. The molecule has 4 heteroatoms. The van der Waals surface area contributed by atoms with Gasteiger partial charge in [0.15, 0.2) is 0 Å². The summed E-state index contributed by atoms with van der Waals surface area (Å²) in [5, 5.41) is 0.309. The van der Waals surface area contributed by atoms with E-state index < -0.39 is 5.92 Å². The van der Waals surface area contributed by atoms with Gasteiger partial charge in [0.25, 0.3) is 5.92 Å². The van der Waals surface area contributed by atoms with E-state index in [1.54, 1.807) is 4.90 Å². The van der Waals surface area contributed by atoms with Crippen LogP contribution >= 0.6 is 12.6 Å². The van der Waals surface area contributed by atoms with Gasteiger partial charge in [0, 0.05) is 5.25 Å². The van der Waals surface area contributed by atoms with Crippen LogP contribution in [-0.4, -0.2) is 35.7 Å². The minimum absolute atomic E-state index is 0.0620. The number of rotatable bonds is 3. The zero-order valence-electron chi connectivity index (χ0n) is 6.56. The molecule has 66 valence electrons. The highest BCUT2D eigenvalue weighted by atomic mass is 32.1. The Labute approximate surface area is 71.2 Å². The summed E-state index contributed by atoms with van der Waals surface area (Å²) in [6, 6.07) is 0. The maximum Gasteiger partial charge on any atom is 0.272 e. The quantitative estimate of drug-likeness (QED) is 0.648. The number of alkyl halides is 2. The zero-order valence-corrected chi connectivity index (χ0v) is 7.45. The Morgan fingerprint density at radius 2 is 2.09 bits per heavy atom. The summed E-state index contributed by atoms with van der Waals surface area (Å²) < 4.78 is 24.5. The van der Waals surface area contributed by atoms with Crippen LogP contribution < -0.4 is 0 Å². The van der Waals surface area contributed by atoms with Crippen molar-refractivity contribution in [2.24, 2.45) is 0 Å². The number of halogens is 2. The normalized spacial score (nSPS) is 26.2. The second kappa shape index (κ2) is 3.27. The van der Waals surface area contributed by atoms with Crippen LogP contribution in [0.1, 0.15) is 13.3 Å². The van der Waals surface area contributed by atoms with Crippen LogP contribution in [0.15, 0.2) is 0 Å². The minimum Gasteiger partial charge on any atom is -0.291 e. The molecular weight excluding hydrogens is 168 g/mol. The van der Waals surface area contributed by atoms with Gasteiger partial charge >= 0.3 is 0 Å². The van der Waals surface area contributed by atoms with Gasteiger partial charge < -0.3 is 0 Å². The summed E-state index contributed by atoms with van der Waals surface area (Å²) in [4.78, 5) is 1.76. The van der Waals surface area contributed by atoms with Crippen molar-refractivity contribution >= 4 is 12.6 Å². The molecule has 1 aliphatic rings. The topological polar surface area (TPSA) is 3.24 Å². The Bertz CT molecular complexity index is 130. The van der Waals surface area contributed by atoms with Crippen LogP contribution in [0.5, 0.6) is 0 Å². The van der Waals surface area contributed by atoms with Gasteiger partial charge in [-0.15, -0.1) is 0 Å². The smallest absolute Gasteiger partial charge is 0.272 e. The van der Waals surface area contributed by atoms with Gasteiger partial charge in [0.1, 0.15) is 0 Å². The van der Waals surface area contributed by atoms with Gasteiger partial charge in [-0.1, -0.05) is 6.92 Å². The van der Waals surface area contributed by atoms with E-state index in [0.717, 1.165) is 13.0 Å². The SMILES string of the molecule is CC(S)CCN1CC(F)(F)C1. The summed E-state index contributed by atoms with van der Waals surface area (Å²) in [6.07, 6.45) is 0.888. The average Bonchev–Trinajstić information content (AvgIpc) is 1.78. The summed E-state index contributed by atoms with van der Waals surface area (Å²) in [6.45, 7) is 2.60. The van der Waals surface area contributed by atoms with E-state index in [0.29, 0.717) is 5.25 Å². The lowest BCUT2D eigenvalue weighted by atomic mass is 10.1. The van der Waals surface area contributed by atoms with E-state index in [4.69, 9.17) is 0 Å². The molecule has 0 radical (unpaired) electrons. The highest BCUT2D eigenvalue weighted by Gasteiger charge is 2.43. The van der Waals surface area contributed by atoms with Crippen LogP contribution in [0.25, 0.3) is 0 Å². The van der Waals surface area contributed by atoms with Crippen LogP contribution in [0.3, 0.4) is 0 Å². The Hall–Kier alpha value is 0.170. The third-order valence-electron chi connectivity index (χ3n) is 1.77. The molecule has 1 nitrogen and oxygen atoms in total. The molecule has 0 bridgehead atoms. The molecule has 0 N–H and O–H groups in total. The molecule has 0 amide bonds. The molecule has 0 aromatic rings. The maximum atomic E-state index is 12.3. The first-order valence-electron chi connectivity index (χ1n) is 3.78. The number of nitrogens with zero attached hydrogens (tertiary/aromatic N) is 1. The van der Waals surface area contributed by atoms with Crippen molar-refractivity contribution in [1.82, 2.24) is 4.90 Å². The predicted molar refractivity (Wildman–Crippen MR) is 44.5 cm³/mol. The van der Waals surface area contributed by atoms with E-state index >= 15 is 0 Å². The van der Waals surface area contributed by atoms with Gasteiger partial charge in [-0.05, 0) is 13.0 Å². The van der Waals surface area contributed by atoms with Gasteiger partial charge in [-0.2, -0.15) is 12.6 Å². The first-order chi connectivity index (χ1) is 4.99. The van der Waals surface area contributed by atoms with Crippen molar-refractivity contribution in [3.8, 4) is 0 Å². The Kier molecular flexibility index (Phi) is 2.75.